The quantitative estimate of drug-likeness (QED) is 0.785. The van der Waals surface area contributed by atoms with Gasteiger partial charge in [0.25, 0.3) is 0 Å². The van der Waals surface area contributed by atoms with E-state index in [1.165, 1.54) is 18.4 Å². The maximum absolute atomic E-state index is 10.1. The Hall–Kier alpha value is -0.860. The zero-order valence-corrected chi connectivity index (χ0v) is 11.3. The number of aliphatic hydroxyl groups is 1. The summed E-state index contributed by atoms with van der Waals surface area (Å²) >= 11 is 0. The van der Waals surface area contributed by atoms with E-state index in [4.69, 9.17) is 0 Å². The van der Waals surface area contributed by atoms with Gasteiger partial charge in [0.1, 0.15) is 0 Å². The zero-order valence-electron chi connectivity index (χ0n) is 11.3. The minimum atomic E-state index is -0.333. The third-order valence-corrected chi connectivity index (χ3v) is 3.23. The normalized spacial score (nSPS) is 13.0. The standard InChI is InChI=1S/C15H25NO/c1-4-5-11-16(3)12-10-15(17)14-9-7-6-8-13(14)2/h6-9,15,17H,4-5,10-12H2,1-3H3. The van der Waals surface area contributed by atoms with Gasteiger partial charge >= 0.3 is 0 Å². The molecule has 1 aromatic rings. The summed E-state index contributed by atoms with van der Waals surface area (Å²) in [4.78, 5) is 2.30. The molecule has 96 valence electrons. The molecule has 2 nitrogen and oxygen atoms in total. The van der Waals surface area contributed by atoms with Gasteiger partial charge in [-0.1, -0.05) is 37.6 Å². The van der Waals surface area contributed by atoms with Crippen molar-refractivity contribution in [3.05, 3.63) is 35.4 Å². The lowest BCUT2D eigenvalue weighted by atomic mass is 10.0. The van der Waals surface area contributed by atoms with Crippen molar-refractivity contribution in [1.82, 2.24) is 4.90 Å². The fourth-order valence-electron chi connectivity index (χ4n) is 2.00. The van der Waals surface area contributed by atoms with E-state index in [0.29, 0.717) is 0 Å². The fraction of sp³-hybridized carbons (Fsp3) is 0.600. The van der Waals surface area contributed by atoms with Crippen LogP contribution in [0.15, 0.2) is 24.3 Å². The highest BCUT2D eigenvalue weighted by atomic mass is 16.3. The maximum atomic E-state index is 10.1. The van der Waals surface area contributed by atoms with Gasteiger partial charge in [0, 0.05) is 6.54 Å². The summed E-state index contributed by atoms with van der Waals surface area (Å²) in [5.74, 6) is 0. The summed E-state index contributed by atoms with van der Waals surface area (Å²) in [5.41, 5.74) is 2.24. The lowest BCUT2D eigenvalue weighted by Gasteiger charge is -2.19. The lowest BCUT2D eigenvalue weighted by Crippen LogP contribution is -2.22. The van der Waals surface area contributed by atoms with Crippen LogP contribution in [0.4, 0.5) is 0 Å². The van der Waals surface area contributed by atoms with Crippen LogP contribution in [0.25, 0.3) is 0 Å². The molecule has 0 radical (unpaired) electrons. The van der Waals surface area contributed by atoms with Crippen molar-refractivity contribution in [1.29, 1.82) is 0 Å². The Kier molecular flexibility index (Phi) is 6.23. The molecule has 0 aliphatic carbocycles. The predicted octanol–water partition coefficient (Wildman–Crippen LogP) is 3.15. The van der Waals surface area contributed by atoms with Gasteiger partial charge in [-0.15, -0.1) is 0 Å². The summed E-state index contributed by atoms with van der Waals surface area (Å²) in [5, 5.41) is 10.1. The molecule has 1 rings (SSSR count). The molecule has 2 heteroatoms. The number of hydrogen-bond acceptors (Lipinski definition) is 2. The molecule has 1 aromatic carbocycles. The van der Waals surface area contributed by atoms with Crippen molar-refractivity contribution in [2.45, 2.75) is 39.2 Å². The van der Waals surface area contributed by atoms with E-state index in [0.717, 1.165) is 25.1 Å². The van der Waals surface area contributed by atoms with Crippen molar-refractivity contribution in [2.75, 3.05) is 20.1 Å². The van der Waals surface area contributed by atoms with E-state index in [1.807, 2.05) is 18.2 Å². The second kappa shape index (κ2) is 7.46. The monoisotopic (exact) mass is 235 g/mol. The number of rotatable bonds is 7. The molecule has 17 heavy (non-hydrogen) atoms. The molecule has 0 saturated heterocycles. The molecule has 0 saturated carbocycles. The highest BCUT2D eigenvalue weighted by Crippen LogP contribution is 2.20. The molecule has 0 amide bonds. The van der Waals surface area contributed by atoms with Gasteiger partial charge in [-0.2, -0.15) is 0 Å². The van der Waals surface area contributed by atoms with Crippen LogP contribution in [-0.2, 0) is 0 Å². The Morgan fingerprint density at radius 1 is 1.24 bits per heavy atom. The van der Waals surface area contributed by atoms with Gasteiger partial charge < -0.3 is 10.0 Å². The Bertz CT molecular complexity index is 324. The molecule has 0 aliphatic rings. The first-order valence-electron chi connectivity index (χ1n) is 6.57. The predicted molar refractivity (Wildman–Crippen MR) is 73.2 cm³/mol. The van der Waals surface area contributed by atoms with Crippen molar-refractivity contribution in [3.8, 4) is 0 Å². The van der Waals surface area contributed by atoms with Crippen LogP contribution in [-0.4, -0.2) is 30.1 Å². The Morgan fingerprint density at radius 3 is 2.59 bits per heavy atom. The van der Waals surface area contributed by atoms with Crippen LogP contribution < -0.4 is 0 Å². The number of unbranched alkanes of at least 4 members (excludes halogenated alkanes) is 1. The molecule has 1 unspecified atom stereocenters. The van der Waals surface area contributed by atoms with Gasteiger partial charge in [0.15, 0.2) is 0 Å². The second-order valence-electron chi connectivity index (χ2n) is 4.82. The molecular formula is C15H25NO. The Labute approximate surface area is 105 Å². The van der Waals surface area contributed by atoms with Crippen molar-refractivity contribution < 1.29 is 5.11 Å². The summed E-state index contributed by atoms with van der Waals surface area (Å²) in [6.07, 6.45) is 2.94. The minimum Gasteiger partial charge on any atom is -0.388 e. The third kappa shape index (κ3) is 4.88. The van der Waals surface area contributed by atoms with Crippen LogP contribution in [0.1, 0.15) is 43.4 Å². The first kappa shape index (κ1) is 14.2. The SMILES string of the molecule is CCCCN(C)CCC(O)c1ccccc1C. The van der Waals surface area contributed by atoms with E-state index >= 15 is 0 Å². The summed E-state index contributed by atoms with van der Waals surface area (Å²) in [7, 11) is 2.13. The molecule has 0 aromatic heterocycles. The smallest absolute Gasteiger partial charge is 0.0804 e. The largest absolute Gasteiger partial charge is 0.388 e. The number of nitrogens with zero attached hydrogens (tertiary/aromatic N) is 1. The maximum Gasteiger partial charge on any atom is 0.0804 e. The highest BCUT2D eigenvalue weighted by molar-refractivity contribution is 5.27. The second-order valence-corrected chi connectivity index (χ2v) is 4.82. The molecular weight excluding hydrogens is 210 g/mol. The van der Waals surface area contributed by atoms with E-state index in [1.54, 1.807) is 0 Å². The lowest BCUT2D eigenvalue weighted by molar-refractivity contribution is 0.148. The van der Waals surface area contributed by atoms with E-state index in [2.05, 4.69) is 31.9 Å². The van der Waals surface area contributed by atoms with Gasteiger partial charge in [-0.25, -0.2) is 0 Å². The molecule has 0 fully saturated rings. The topological polar surface area (TPSA) is 23.5 Å². The highest BCUT2D eigenvalue weighted by Gasteiger charge is 2.10. The first-order chi connectivity index (χ1) is 8.15. The Morgan fingerprint density at radius 2 is 1.94 bits per heavy atom. The number of hydrogen-bond donors (Lipinski definition) is 1. The van der Waals surface area contributed by atoms with Crippen molar-refractivity contribution in [2.24, 2.45) is 0 Å². The molecule has 1 N–H and O–H groups in total. The zero-order chi connectivity index (χ0) is 12.7. The number of aliphatic hydroxyl groups excluding tert-OH is 1. The van der Waals surface area contributed by atoms with E-state index < -0.39 is 0 Å². The molecule has 0 spiro atoms. The molecule has 1 atom stereocenters. The van der Waals surface area contributed by atoms with E-state index in [-0.39, 0.29) is 6.10 Å². The molecule has 0 aliphatic heterocycles. The van der Waals surface area contributed by atoms with Crippen molar-refractivity contribution >= 4 is 0 Å². The van der Waals surface area contributed by atoms with Gasteiger partial charge in [-0.3, -0.25) is 0 Å². The summed E-state index contributed by atoms with van der Waals surface area (Å²) in [6, 6.07) is 8.08. The minimum absolute atomic E-state index is 0.333. The van der Waals surface area contributed by atoms with Crippen LogP contribution in [0.3, 0.4) is 0 Å². The van der Waals surface area contributed by atoms with Crippen LogP contribution in [0.2, 0.25) is 0 Å². The van der Waals surface area contributed by atoms with Crippen molar-refractivity contribution in [3.63, 3.8) is 0 Å². The molecule has 0 heterocycles. The number of aryl methyl sites for hydroxylation is 1. The van der Waals surface area contributed by atoms with Gasteiger partial charge in [0.05, 0.1) is 6.10 Å². The summed E-state index contributed by atoms with van der Waals surface area (Å²) < 4.78 is 0. The Balaban J connectivity index is 2.39. The van der Waals surface area contributed by atoms with E-state index in [9.17, 15) is 5.11 Å². The van der Waals surface area contributed by atoms with Crippen LogP contribution >= 0.6 is 0 Å². The average molecular weight is 235 g/mol. The summed E-state index contributed by atoms with van der Waals surface area (Å²) in [6.45, 7) is 6.34. The molecule has 0 bridgehead atoms. The fourth-order valence-corrected chi connectivity index (χ4v) is 2.00. The van der Waals surface area contributed by atoms with Crippen LogP contribution in [0, 0.1) is 6.92 Å². The van der Waals surface area contributed by atoms with Gasteiger partial charge in [0.2, 0.25) is 0 Å². The average Bonchev–Trinajstić information content (AvgIpc) is 2.34. The van der Waals surface area contributed by atoms with Crippen LogP contribution in [0.5, 0.6) is 0 Å². The van der Waals surface area contributed by atoms with Gasteiger partial charge in [-0.05, 0) is 44.5 Å². The first-order valence-corrected chi connectivity index (χ1v) is 6.57. The number of benzene rings is 1. The third-order valence-electron chi connectivity index (χ3n) is 3.23.